The van der Waals surface area contributed by atoms with Crippen LogP contribution in [-0.2, 0) is 26.0 Å². The highest BCUT2D eigenvalue weighted by Crippen LogP contribution is 2.26. The summed E-state index contributed by atoms with van der Waals surface area (Å²) < 4.78 is 29.6. The summed E-state index contributed by atoms with van der Waals surface area (Å²) in [5.41, 5.74) is 1.89. The Morgan fingerprint density at radius 1 is 1.09 bits per heavy atom. The minimum atomic E-state index is -3.72. The summed E-state index contributed by atoms with van der Waals surface area (Å²) in [5.74, 6) is -0.503. The molecule has 1 aromatic carbocycles. The number of nitrogens with zero attached hydrogens (tertiary/aromatic N) is 4. The van der Waals surface area contributed by atoms with E-state index < -0.39 is 10.0 Å². The molecule has 11 heteroatoms. The van der Waals surface area contributed by atoms with Crippen LogP contribution in [0.15, 0.2) is 29.2 Å². The standard InChI is InChI=1S/C22H30ClN5O4S/c1-15(2)28-17(4)22(16(3)25-28)33(31,32)27-11-9-26(10-12-27)21(30)14-24-20(29)13-18-5-7-19(23)8-6-18/h5-8,15H,9-14H2,1-4H3,(H,24,29). The lowest BCUT2D eigenvalue weighted by Gasteiger charge is -2.34. The van der Waals surface area contributed by atoms with Crippen molar-refractivity contribution in [2.75, 3.05) is 32.7 Å². The number of aryl methyl sites for hydroxylation is 1. The van der Waals surface area contributed by atoms with Gasteiger partial charge in [0.15, 0.2) is 0 Å². The maximum atomic E-state index is 13.3. The minimum absolute atomic E-state index is 0.0528. The third-order valence-electron chi connectivity index (χ3n) is 5.65. The molecular weight excluding hydrogens is 466 g/mol. The van der Waals surface area contributed by atoms with E-state index in [-0.39, 0.29) is 61.9 Å². The minimum Gasteiger partial charge on any atom is -0.347 e. The number of benzene rings is 1. The highest BCUT2D eigenvalue weighted by Gasteiger charge is 2.34. The molecule has 0 atom stereocenters. The molecule has 0 saturated carbocycles. The Kier molecular flexibility index (Phi) is 7.81. The molecule has 180 valence electrons. The number of carbonyl (C=O) groups is 2. The first-order valence-corrected chi connectivity index (χ1v) is 12.7. The van der Waals surface area contributed by atoms with Crippen molar-refractivity contribution < 1.29 is 18.0 Å². The summed E-state index contributed by atoms with van der Waals surface area (Å²) in [5, 5.41) is 7.61. The van der Waals surface area contributed by atoms with Crippen LogP contribution in [0.3, 0.4) is 0 Å². The van der Waals surface area contributed by atoms with E-state index in [1.807, 2.05) is 13.8 Å². The largest absolute Gasteiger partial charge is 0.347 e. The molecule has 0 bridgehead atoms. The second kappa shape index (κ2) is 10.2. The predicted molar refractivity (Wildman–Crippen MR) is 126 cm³/mol. The van der Waals surface area contributed by atoms with Gasteiger partial charge < -0.3 is 10.2 Å². The molecule has 2 heterocycles. The normalized spacial score (nSPS) is 15.2. The number of sulfonamides is 1. The van der Waals surface area contributed by atoms with E-state index in [1.54, 1.807) is 47.7 Å². The molecule has 3 rings (SSSR count). The molecule has 1 aliphatic heterocycles. The monoisotopic (exact) mass is 495 g/mol. The van der Waals surface area contributed by atoms with Crippen molar-refractivity contribution in [1.29, 1.82) is 0 Å². The van der Waals surface area contributed by atoms with Crippen molar-refractivity contribution in [3.63, 3.8) is 0 Å². The van der Waals surface area contributed by atoms with Gasteiger partial charge in [-0.25, -0.2) is 8.42 Å². The number of hydrogen-bond donors (Lipinski definition) is 1. The number of piperazine rings is 1. The van der Waals surface area contributed by atoms with Crippen molar-refractivity contribution in [3.05, 3.63) is 46.2 Å². The number of nitrogens with one attached hydrogen (secondary N) is 1. The molecule has 1 aromatic heterocycles. The maximum Gasteiger partial charge on any atom is 0.246 e. The molecule has 33 heavy (non-hydrogen) atoms. The third-order valence-corrected chi connectivity index (χ3v) is 8.06. The van der Waals surface area contributed by atoms with Gasteiger partial charge in [0.1, 0.15) is 4.90 Å². The molecule has 0 unspecified atom stereocenters. The second-order valence-electron chi connectivity index (χ2n) is 8.40. The smallest absolute Gasteiger partial charge is 0.246 e. The Bertz CT molecular complexity index is 1120. The van der Waals surface area contributed by atoms with Gasteiger partial charge in [0, 0.05) is 37.2 Å². The van der Waals surface area contributed by atoms with Crippen LogP contribution in [0.5, 0.6) is 0 Å². The van der Waals surface area contributed by atoms with Gasteiger partial charge in [-0.05, 0) is 45.4 Å². The van der Waals surface area contributed by atoms with Gasteiger partial charge in [-0.3, -0.25) is 14.3 Å². The topological polar surface area (TPSA) is 105 Å². The lowest BCUT2D eigenvalue weighted by molar-refractivity contribution is -0.133. The average molecular weight is 496 g/mol. The number of hydrogen-bond acceptors (Lipinski definition) is 5. The lowest BCUT2D eigenvalue weighted by atomic mass is 10.1. The molecule has 0 spiro atoms. The van der Waals surface area contributed by atoms with E-state index in [4.69, 9.17) is 11.6 Å². The van der Waals surface area contributed by atoms with Crippen LogP contribution in [0.25, 0.3) is 0 Å². The molecule has 1 aliphatic rings. The fourth-order valence-corrected chi connectivity index (χ4v) is 5.88. The average Bonchev–Trinajstić information content (AvgIpc) is 3.08. The number of rotatable bonds is 7. The Morgan fingerprint density at radius 2 is 1.70 bits per heavy atom. The summed E-state index contributed by atoms with van der Waals surface area (Å²) in [6.45, 7) is 8.16. The van der Waals surface area contributed by atoms with E-state index in [0.717, 1.165) is 5.56 Å². The Balaban J connectivity index is 1.54. The van der Waals surface area contributed by atoms with E-state index >= 15 is 0 Å². The van der Waals surface area contributed by atoms with Crippen LogP contribution >= 0.6 is 11.6 Å². The molecule has 1 saturated heterocycles. The molecule has 2 amide bonds. The Hall–Kier alpha value is -2.43. The number of halogens is 1. The zero-order valence-corrected chi connectivity index (χ0v) is 20.9. The highest BCUT2D eigenvalue weighted by molar-refractivity contribution is 7.89. The fraction of sp³-hybridized carbons (Fsp3) is 0.500. The molecule has 0 radical (unpaired) electrons. The Labute approximate surface area is 199 Å². The van der Waals surface area contributed by atoms with Gasteiger partial charge in [-0.2, -0.15) is 9.40 Å². The molecular formula is C22H30ClN5O4S. The zero-order valence-electron chi connectivity index (χ0n) is 19.3. The van der Waals surface area contributed by atoms with Gasteiger partial charge in [0.25, 0.3) is 0 Å². The van der Waals surface area contributed by atoms with Gasteiger partial charge in [-0.1, -0.05) is 23.7 Å². The molecule has 2 aromatic rings. The summed E-state index contributed by atoms with van der Waals surface area (Å²) in [4.78, 5) is 26.5. The van der Waals surface area contributed by atoms with Crippen LogP contribution in [-0.4, -0.2) is 71.9 Å². The van der Waals surface area contributed by atoms with Crippen molar-refractivity contribution >= 4 is 33.4 Å². The molecule has 9 nitrogen and oxygen atoms in total. The number of carbonyl (C=O) groups excluding carboxylic acids is 2. The maximum absolute atomic E-state index is 13.3. The van der Waals surface area contributed by atoms with Crippen molar-refractivity contribution in [2.24, 2.45) is 0 Å². The van der Waals surface area contributed by atoms with Crippen molar-refractivity contribution in [2.45, 2.75) is 45.1 Å². The molecule has 0 aliphatic carbocycles. The summed E-state index contributed by atoms with van der Waals surface area (Å²) in [6, 6.07) is 6.99. The van der Waals surface area contributed by atoms with E-state index in [0.29, 0.717) is 16.4 Å². The van der Waals surface area contributed by atoms with E-state index in [2.05, 4.69) is 10.4 Å². The van der Waals surface area contributed by atoms with Crippen LogP contribution in [0, 0.1) is 13.8 Å². The predicted octanol–water partition coefficient (Wildman–Crippen LogP) is 1.93. The second-order valence-corrected chi connectivity index (χ2v) is 10.7. The fourth-order valence-electron chi connectivity index (χ4n) is 3.97. The summed E-state index contributed by atoms with van der Waals surface area (Å²) in [6.07, 6.45) is 0.152. The first kappa shape index (κ1) is 25.2. The quantitative estimate of drug-likeness (QED) is 0.632. The first-order chi connectivity index (χ1) is 15.5. The van der Waals surface area contributed by atoms with Gasteiger partial charge in [-0.15, -0.1) is 0 Å². The first-order valence-electron chi connectivity index (χ1n) is 10.9. The SMILES string of the molecule is Cc1nn(C(C)C)c(C)c1S(=O)(=O)N1CCN(C(=O)CNC(=O)Cc2ccc(Cl)cc2)CC1. The molecule has 1 fully saturated rings. The van der Waals surface area contributed by atoms with Gasteiger partial charge in [0.05, 0.1) is 24.4 Å². The number of aromatic nitrogens is 2. The van der Waals surface area contributed by atoms with E-state index in [9.17, 15) is 18.0 Å². The lowest BCUT2D eigenvalue weighted by Crippen LogP contribution is -2.52. The van der Waals surface area contributed by atoms with Crippen molar-refractivity contribution in [1.82, 2.24) is 24.3 Å². The van der Waals surface area contributed by atoms with Gasteiger partial charge >= 0.3 is 0 Å². The van der Waals surface area contributed by atoms with E-state index in [1.165, 1.54) is 4.31 Å². The van der Waals surface area contributed by atoms with Crippen LogP contribution in [0.1, 0.15) is 36.8 Å². The molecule has 1 N–H and O–H groups in total. The summed E-state index contributed by atoms with van der Waals surface area (Å²) in [7, 11) is -3.72. The number of amides is 2. The van der Waals surface area contributed by atoms with Crippen LogP contribution in [0.2, 0.25) is 5.02 Å². The van der Waals surface area contributed by atoms with Crippen molar-refractivity contribution in [3.8, 4) is 0 Å². The zero-order chi connectivity index (χ0) is 24.3. The van der Waals surface area contributed by atoms with Crippen LogP contribution < -0.4 is 5.32 Å². The third kappa shape index (κ3) is 5.74. The summed E-state index contributed by atoms with van der Waals surface area (Å²) >= 11 is 5.84. The van der Waals surface area contributed by atoms with Crippen LogP contribution in [0.4, 0.5) is 0 Å². The highest BCUT2D eigenvalue weighted by atomic mass is 35.5. The van der Waals surface area contributed by atoms with Gasteiger partial charge in [0.2, 0.25) is 21.8 Å². The Morgan fingerprint density at radius 3 is 2.24 bits per heavy atom.